The lowest BCUT2D eigenvalue weighted by Crippen LogP contribution is -2.49. The monoisotopic (exact) mass is 360 g/mol. The van der Waals surface area contributed by atoms with E-state index in [4.69, 9.17) is 0 Å². The van der Waals surface area contributed by atoms with E-state index in [1.54, 1.807) is 4.31 Å². The molecule has 2 aromatic rings. The van der Waals surface area contributed by atoms with Gasteiger partial charge in [-0.1, -0.05) is 60.7 Å². The molecular formula is C19H24N2O3S. The van der Waals surface area contributed by atoms with Crippen molar-refractivity contribution >= 4 is 10.0 Å². The van der Waals surface area contributed by atoms with Gasteiger partial charge in [0.15, 0.2) is 0 Å². The lowest BCUT2D eigenvalue weighted by atomic mass is 10.1. The fraction of sp³-hybridized carbons (Fsp3) is 0.368. The minimum absolute atomic E-state index is 0.0421. The third-order valence-corrected chi connectivity index (χ3v) is 6.38. The van der Waals surface area contributed by atoms with E-state index in [1.807, 2.05) is 60.7 Å². The molecule has 0 aromatic heterocycles. The predicted molar refractivity (Wildman–Crippen MR) is 98.5 cm³/mol. The van der Waals surface area contributed by atoms with Crippen LogP contribution in [-0.2, 0) is 15.8 Å². The molecule has 0 radical (unpaired) electrons. The van der Waals surface area contributed by atoms with Crippen LogP contribution in [0.25, 0.3) is 0 Å². The Morgan fingerprint density at radius 3 is 2.04 bits per heavy atom. The summed E-state index contributed by atoms with van der Waals surface area (Å²) in [5.74, 6) is 0.0421. The summed E-state index contributed by atoms with van der Waals surface area (Å²) in [5.41, 5.74) is 1.70. The predicted octanol–water partition coefficient (Wildman–Crippen LogP) is 1.87. The summed E-state index contributed by atoms with van der Waals surface area (Å²) < 4.78 is 26.7. The van der Waals surface area contributed by atoms with E-state index in [0.29, 0.717) is 32.7 Å². The zero-order valence-corrected chi connectivity index (χ0v) is 15.0. The van der Waals surface area contributed by atoms with E-state index in [1.165, 1.54) is 0 Å². The molecule has 5 nitrogen and oxygen atoms in total. The molecule has 3 rings (SSSR count). The van der Waals surface area contributed by atoms with Crippen LogP contribution in [0.4, 0.5) is 0 Å². The Morgan fingerprint density at radius 2 is 1.44 bits per heavy atom. The summed E-state index contributed by atoms with van der Waals surface area (Å²) in [4.78, 5) is 2.12. The number of β-amino-alcohol motifs (C(OH)–C–C–N with tert-alkyl or cyclic N) is 1. The minimum atomic E-state index is -3.30. The van der Waals surface area contributed by atoms with Crippen LogP contribution in [0.3, 0.4) is 0 Å². The molecular weight excluding hydrogens is 336 g/mol. The standard InChI is InChI=1S/C19H24N2O3S/c22-19(18-9-5-2-6-10-18)15-20-11-13-21(14-12-20)25(23,24)16-17-7-3-1-4-8-17/h1-10,19,22H,11-16H2/t19-/m0/s1. The van der Waals surface area contributed by atoms with Crippen LogP contribution in [0, 0.1) is 0 Å². The minimum Gasteiger partial charge on any atom is -0.387 e. The van der Waals surface area contributed by atoms with Crippen LogP contribution >= 0.6 is 0 Å². The van der Waals surface area contributed by atoms with Gasteiger partial charge in [-0.15, -0.1) is 0 Å². The van der Waals surface area contributed by atoms with Crippen molar-refractivity contribution in [3.05, 3.63) is 71.8 Å². The molecule has 0 bridgehead atoms. The topological polar surface area (TPSA) is 60.9 Å². The molecule has 0 aliphatic carbocycles. The fourth-order valence-corrected chi connectivity index (χ4v) is 4.61. The highest BCUT2D eigenvalue weighted by Gasteiger charge is 2.27. The number of aliphatic hydroxyl groups excluding tert-OH is 1. The van der Waals surface area contributed by atoms with Crippen LogP contribution in [0.5, 0.6) is 0 Å². The fourth-order valence-electron chi connectivity index (χ4n) is 3.09. The van der Waals surface area contributed by atoms with Gasteiger partial charge in [-0.3, -0.25) is 4.90 Å². The van der Waals surface area contributed by atoms with E-state index < -0.39 is 16.1 Å². The van der Waals surface area contributed by atoms with Crippen LogP contribution in [0.15, 0.2) is 60.7 Å². The maximum atomic E-state index is 12.6. The van der Waals surface area contributed by atoms with Gasteiger partial charge in [0.05, 0.1) is 11.9 Å². The first-order valence-corrected chi connectivity index (χ1v) is 10.1. The number of aliphatic hydroxyl groups is 1. The number of piperazine rings is 1. The molecule has 1 saturated heterocycles. The number of hydrogen-bond acceptors (Lipinski definition) is 4. The lowest BCUT2D eigenvalue weighted by molar-refractivity contribution is 0.0921. The van der Waals surface area contributed by atoms with Crippen LogP contribution in [0.1, 0.15) is 17.2 Å². The average Bonchev–Trinajstić information content (AvgIpc) is 2.63. The van der Waals surface area contributed by atoms with Crippen molar-refractivity contribution in [3.63, 3.8) is 0 Å². The van der Waals surface area contributed by atoms with Crippen LogP contribution < -0.4 is 0 Å². The largest absolute Gasteiger partial charge is 0.387 e. The Bertz CT molecular complexity index is 758. The van der Waals surface area contributed by atoms with Crippen molar-refractivity contribution in [2.45, 2.75) is 11.9 Å². The van der Waals surface area contributed by atoms with Gasteiger partial charge in [0.25, 0.3) is 0 Å². The molecule has 0 spiro atoms. The Kier molecular flexibility index (Phi) is 5.86. The van der Waals surface area contributed by atoms with Crippen LogP contribution in [0.2, 0.25) is 0 Å². The van der Waals surface area contributed by atoms with Crippen molar-refractivity contribution in [2.75, 3.05) is 32.7 Å². The maximum absolute atomic E-state index is 12.6. The van der Waals surface area contributed by atoms with E-state index in [0.717, 1.165) is 11.1 Å². The molecule has 0 unspecified atom stereocenters. The molecule has 1 atom stereocenters. The first kappa shape index (κ1) is 18.1. The van der Waals surface area contributed by atoms with Crippen molar-refractivity contribution in [2.24, 2.45) is 0 Å². The summed E-state index contributed by atoms with van der Waals surface area (Å²) in [7, 11) is -3.30. The smallest absolute Gasteiger partial charge is 0.218 e. The van der Waals surface area contributed by atoms with Gasteiger partial charge < -0.3 is 5.11 Å². The molecule has 0 saturated carbocycles. The van der Waals surface area contributed by atoms with Crippen LogP contribution in [-0.4, -0.2) is 55.5 Å². The molecule has 1 fully saturated rings. The third-order valence-electron chi connectivity index (χ3n) is 4.53. The first-order valence-electron chi connectivity index (χ1n) is 8.52. The number of sulfonamides is 1. The van der Waals surface area contributed by atoms with Gasteiger partial charge in [-0.25, -0.2) is 8.42 Å². The Labute approximate surface area is 149 Å². The normalized spacial score (nSPS) is 18.1. The zero-order chi connectivity index (χ0) is 17.7. The van der Waals surface area contributed by atoms with E-state index in [2.05, 4.69) is 4.90 Å². The average molecular weight is 360 g/mol. The summed E-state index contributed by atoms with van der Waals surface area (Å²) in [6.45, 7) is 2.74. The highest BCUT2D eigenvalue weighted by atomic mass is 32.2. The second-order valence-corrected chi connectivity index (χ2v) is 8.34. The van der Waals surface area contributed by atoms with Gasteiger partial charge in [0, 0.05) is 32.7 Å². The highest BCUT2D eigenvalue weighted by molar-refractivity contribution is 7.88. The van der Waals surface area contributed by atoms with Crippen molar-refractivity contribution in [1.29, 1.82) is 0 Å². The second kappa shape index (κ2) is 8.10. The lowest BCUT2D eigenvalue weighted by Gasteiger charge is -2.35. The molecule has 1 aliphatic heterocycles. The molecule has 1 heterocycles. The Balaban J connectivity index is 1.53. The van der Waals surface area contributed by atoms with Gasteiger partial charge in [0.1, 0.15) is 0 Å². The molecule has 1 aliphatic rings. The van der Waals surface area contributed by atoms with Crippen molar-refractivity contribution in [1.82, 2.24) is 9.21 Å². The molecule has 25 heavy (non-hydrogen) atoms. The van der Waals surface area contributed by atoms with Gasteiger partial charge in [-0.05, 0) is 11.1 Å². The molecule has 2 aromatic carbocycles. The molecule has 1 N–H and O–H groups in total. The number of rotatable bonds is 6. The van der Waals surface area contributed by atoms with Crippen molar-refractivity contribution < 1.29 is 13.5 Å². The number of benzene rings is 2. The number of hydrogen-bond donors (Lipinski definition) is 1. The van der Waals surface area contributed by atoms with Crippen molar-refractivity contribution in [3.8, 4) is 0 Å². The first-order chi connectivity index (χ1) is 12.0. The second-order valence-electron chi connectivity index (χ2n) is 6.37. The molecule has 134 valence electrons. The van der Waals surface area contributed by atoms with Gasteiger partial charge in [0.2, 0.25) is 10.0 Å². The zero-order valence-electron chi connectivity index (χ0n) is 14.2. The molecule has 0 amide bonds. The SMILES string of the molecule is O=S(=O)(Cc1ccccc1)N1CCN(C[C@H](O)c2ccccc2)CC1. The van der Waals surface area contributed by atoms with Gasteiger partial charge in [-0.2, -0.15) is 4.31 Å². The highest BCUT2D eigenvalue weighted by Crippen LogP contribution is 2.17. The van der Waals surface area contributed by atoms with Gasteiger partial charge >= 0.3 is 0 Å². The third kappa shape index (κ3) is 4.89. The maximum Gasteiger partial charge on any atom is 0.218 e. The summed E-state index contributed by atoms with van der Waals surface area (Å²) in [5, 5.41) is 10.3. The number of nitrogens with zero attached hydrogens (tertiary/aromatic N) is 2. The summed E-state index contributed by atoms with van der Waals surface area (Å²) >= 11 is 0. The molecule has 6 heteroatoms. The quantitative estimate of drug-likeness (QED) is 0.854. The Hall–Kier alpha value is -1.73. The summed E-state index contributed by atoms with van der Waals surface area (Å²) in [6.07, 6.45) is -0.548. The van der Waals surface area contributed by atoms with E-state index >= 15 is 0 Å². The van der Waals surface area contributed by atoms with E-state index in [-0.39, 0.29) is 5.75 Å². The summed E-state index contributed by atoms with van der Waals surface area (Å²) in [6, 6.07) is 18.8. The Morgan fingerprint density at radius 1 is 0.880 bits per heavy atom. The van der Waals surface area contributed by atoms with E-state index in [9.17, 15) is 13.5 Å².